The fraction of sp³-hybridized carbons (Fsp3) is 0.222. The molecule has 1 amide bonds. The second-order valence-electron chi connectivity index (χ2n) is 5.57. The van der Waals surface area contributed by atoms with Gasteiger partial charge in [0.15, 0.2) is 5.13 Å². The predicted molar refractivity (Wildman–Crippen MR) is 103 cm³/mol. The summed E-state index contributed by atoms with van der Waals surface area (Å²) in [5.74, 6) is 0.909. The molecule has 0 fully saturated rings. The summed E-state index contributed by atoms with van der Waals surface area (Å²) in [6, 6.07) is 5.56. The standard InChI is InChI=1S/C18H19N5O2S/c1-10-13(8-20-11(2)21-10)17(24)22-14-7-12(5-6-16(14)25-4)15-9-26-18(19-3)23-15/h5-9H,1-4H3,(H,19,23)(H,22,24). The van der Waals surface area contributed by atoms with Gasteiger partial charge in [-0.15, -0.1) is 11.3 Å². The number of nitrogens with zero attached hydrogens (tertiary/aromatic N) is 3. The van der Waals surface area contributed by atoms with Crippen LogP contribution in [-0.2, 0) is 0 Å². The summed E-state index contributed by atoms with van der Waals surface area (Å²) >= 11 is 1.52. The minimum Gasteiger partial charge on any atom is -0.495 e. The number of thiazole rings is 1. The largest absolute Gasteiger partial charge is 0.495 e. The molecule has 2 aromatic heterocycles. The van der Waals surface area contributed by atoms with Crippen molar-refractivity contribution < 1.29 is 9.53 Å². The smallest absolute Gasteiger partial charge is 0.259 e. The zero-order chi connectivity index (χ0) is 18.7. The Morgan fingerprint density at radius 2 is 2.04 bits per heavy atom. The number of carbonyl (C=O) groups excluding carboxylic acids is 1. The van der Waals surface area contributed by atoms with Gasteiger partial charge in [-0.3, -0.25) is 4.79 Å². The summed E-state index contributed by atoms with van der Waals surface area (Å²) in [6.45, 7) is 3.57. The molecule has 0 unspecified atom stereocenters. The predicted octanol–water partition coefficient (Wildman–Crippen LogP) is 3.52. The van der Waals surface area contributed by atoms with Crippen molar-refractivity contribution in [1.82, 2.24) is 15.0 Å². The minimum atomic E-state index is -0.285. The van der Waals surface area contributed by atoms with E-state index in [2.05, 4.69) is 25.6 Å². The lowest BCUT2D eigenvalue weighted by atomic mass is 10.1. The molecular formula is C18H19N5O2S. The molecule has 0 spiro atoms. The molecule has 0 saturated carbocycles. The highest BCUT2D eigenvalue weighted by molar-refractivity contribution is 7.14. The van der Waals surface area contributed by atoms with E-state index in [-0.39, 0.29) is 5.91 Å². The number of aromatic nitrogens is 3. The number of aryl methyl sites for hydroxylation is 2. The van der Waals surface area contributed by atoms with Crippen LogP contribution in [0.4, 0.5) is 10.8 Å². The van der Waals surface area contributed by atoms with Gasteiger partial charge < -0.3 is 15.4 Å². The molecule has 0 bridgehead atoms. The maximum absolute atomic E-state index is 12.6. The number of amides is 1. The molecule has 0 aliphatic rings. The van der Waals surface area contributed by atoms with E-state index in [0.29, 0.717) is 28.5 Å². The summed E-state index contributed by atoms with van der Waals surface area (Å²) in [5, 5.41) is 8.69. The van der Waals surface area contributed by atoms with Crippen molar-refractivity contribution in [2.45, 2.75) is 13.8 Å². The van der Waals surface area contributed by atoms with Gasteiger partial charge in [0.05, 0.1) is 29.7 Å². The Bertz CT molecular complexity index is 955. The SMILES string of the molecule is CNc1nc(-c2ccc(OC)c(NC(=O)c3cnc(C)nc3C)c2)cs1. The first-order valence-electron chi connectivity index (χ1n) is 7.95. The monoisotopic (exact) mass is 369 g/mol. The number of methoxy groups -OCH3 is 1. The molecule has 2 heterocycles. The van der Waals surface area contributed by atoms with Crippen LogP contribution >= 0.6 is 11.3 Å². The number of hydrogen-bond acceptors (Lipinski definition) is 7. The Hall–Kier alpha value is -3.00. The van der Waals surface area contributed by atoms with Gasteiger partial charge in [-0.05, 0) is 32.0 Å². The van der Waals surface area contributed by atoms with E-state index in [1.54, 1.807) is 21.0 Å². The average molecular weight is 369 g/mol. The zero-order valence-corrected chi connectivity index (χ0v) is 15.8. The van der Waals surface area contributed by atoms with E-state index in [4.69, 9.17) is 4.74 Å². The number of rotatable bonds is 5. The maximum atomic E-state index is 12.6. The van der Waals surface area contributed by atoms with Crippen LogP contribution in [0.25, 0.3) is 11.3 Å². The Kier molecular flexibility index (Phi) is 5.13. The summed E-state index contributed by atoms with van der Waals surface area (Å²) in [4.78, 5) is 25.5. The number of anilines is 2. The molecule has 0 aliphatic heterocycles. The van der Waals surface area contributed by atoms with E-state index < -0.39 is 0 Å². The summed E-state index contributed by atoms with van der Waals surface area (Å²) in [7, 11) is 3.39. The lowest BCUT2D eigenvalue weighted by molar-refractivity contribution is 0.102. The van der Waals surface area contributed by atoms with Crippen molar-refractivity contribution in [3.8, 4) is 17.0 Å². The molecular weight excluding hydrogens is 350 g/mol. The molecule has 134 valence electrons. The van der Waals surface area contributed by atoms with Crippen molar-refractivity contribution in [2.75, 3.05) is 24.8 Å². The highest BCUT2D eigenvalue weighted by atomic mass is 32.1. The number of nitrogens with one attached hydrogen (secondary N) is 2. The number of hydrogen-bond donors (Lipinski definition) is 2. The van der Waals surface area contributed by atoms with Gasteiger partial charge in [-0.1, -0.05) is 0 Å². The molecule has 0 atom stereocenters. The Morgan fingerprint density at radius 3 is 2.69 bits per heavy atom. The van der Waals surface area contributed by atoms with E-state index in [9.17, 15) is 4.79 Å². The molecule has 8 heteroatoms. The van der Waals surface area contributed by atoms with E-state index >= 15 is 0 Å². The first-order valence-corrected chi connectivity index (χ1v) is 8.83. The normalized spacial score (nSPS) is 10.5. The van der Waals surface area contributed by atoms with Crippen molar-refractivity contribution in [2.24, 2.45) is 0 Å². The van der Waals surface area contributed by atoms with Crippen LogP contribution in [0.2, 0.25) is 0 Å². The first-order chi connectivity index (χ1) is 12.5. The molecule has 0 radical (unpaired) electrons. The van der Waals surface area contributed by atoms with Crippen LogP contribution in [0.1, 0.15) is 21.9 Å². The maximum Gasteiger partial charge on any atom is 0.259 e. The third-order valence-corrected chi connectivity index (χ3v) is 4.67. The van der Waals surface area contributed by atoms with Crippen LogP contribution in [0, 0.1) is 13.8 Å². The first kappa shape index (κ1) is 17.8. The second-order valence-corrected chi connectivity index (χ2v) is 6.43. The third kappa shape index (κ3) is 3.65. The summed E-state index contributed by atoms with van der Waals surface area (Å²) in [5.41, 5.74) is 3.33. The van der Waals surface area contributed by atoms with Crippen molar-refractivity contribution in [3.63, 3.8) is 0 Å². The molecule has 3 aromatic rings. The summed E-state index contributed by atoms with van der Waals surface area (Å²) in [6.07, 6.45) is 1.53. The van der Waals surface area contributed by atoms with Crippen LogP contribution in [-0.4, -0.2) is 35.0 Å². The second kappa shape index (κ2) is 7.49. The van der Waals surface area contributed by atoms with Gasteiger partial charge in [0.2, 0.25) is 0 Å². The van der Waals surface area contributed by atoms with Gasteiger partial charge in [0, 0.05) is 24.2 Å². The Morgan fingerprint density at radius 1 is 1.23 bits per heavy atom. The van der Waals surface area contributed by atoms with Gasteiger partial charge in [0.25, 0.3) is 5.91 Å². The lowest BCUT2D eigenvalue weighted by Crippen LogP contribution is -2.15. The van der Waals surface area contributed by atoms with E-state index in [0.717, 1.165) is 16.4 Å². The Labute approximate surface area is 155 Å². The number of benzene rings is 1. The molecule has 7 nitrogen and oxygen atoms in total. The van der Waals surface area contributed by atoms with Gasteiger partial charge in [-0.2, -0.15) is 0 Å². The van der Waals surface area contributed by atoms with Crippen LogP contribution in [0.15, 0.2) is 29.8 Å². The molecule has 2 N–H and O–H groups in total. The average Bonchev–Trinajstić information content (AvgIpc) is 3.10. The van der Waals surface area contributed by atoms with E-state index in [1.807, 2.05) is 30.6 Å². The number of carbonyl (C=O) groups is 1. The van der Waals surface area contributed by atoms with Crippen LogP contribution in [0.3, 0.4) is 0 Å². The number of ether oxygens (including phenoxy) is 1. The van der Waals surface area contributed by atoms with Gasteiger partial charge in [-0.25, -0.2) is 15.0 Å². The van der Waals surface area contributed by atoms with Crippen LogP contribution < -0.4 is 15.4 Å². The quantitative estimate of drug-likeness (QED) is 0.715. The van der Waals surface area contributed by atoms with E-state index in [1.165, 1.54) is 17.5 Å². The molecule has 3 rings (SSSR count). The molecule has 26 heavy (non-hydrogen) atoms. The minimum absolute atomic E-state index is 0.285. The third-order valence-electron chi connectivity index (χ3n) is 3.81. The van der Waals surface area contributed by atoms with Crippen molar-refractivity contribution in [3.05, 3.63) is 46.9 Å². The molecule has 1 aromatic carbocycles. The topological polar surface area (TPSA) is 89.0 Å². The molecule has 0 saturated heterocycles. The van der Waals surface area contributed by atoms with Gasteiger partial charge >= 0.3 is 0 Å². The van der Waals surface area contributed by atoms with Crippen molar-refractivity contribution in [1.29, 1.82) is 0 Å². The van der Waals surface area contributed by atoms with Crippen LogP contribution in [0.5, 0.6) is 5.75 Å². The zero-order valence-electron chi connectivity index (χ0n) is 15.0. The van der Waals surface area contributed by atoms with Crippen molar-refractivity contribution >= 4 is 28.1 Å². The fourth-order valence-electron chi connectivity index (χ4n) is 2.48. The fourth-order valence-corrected chi connectivity index (χ4v) is 3.16. The molecule has 0 aliphatic carbocycles. The highest BCUT2D eigenvalue weighted by Crippen LogP contribution is 2.32. The van der Waals surface area contributed by atoms with Gasteiger partial charge in [0.1, 0.15) is 11.6 Å². The Balaban J connectivity index is 1.92. The lowest BCUT2D eigenvalue weighted by Gasteiger charge is -2.12. The summed E-state index contributed by atoms with van der Waals surface area (Å²) < 4.78 is 5.37. The highest BCUT2D eigenvalue weighted by Gasteiger charge is 2.15.